The highest BCUT2D eigenvalue weighted by atomic mass is 127. The third-order valence-corrected chi connectivity index (χ3v) is 5.09. The molecule has 1 aliphatic rings. The van der Waals surface area contributed by atoms with E-state index in [-0.39, 0.29) is 24.0 Å². The first-order chi connectivity index (χ1) is 12.7. The van der Waals surface area contributed by atoms with Gasteiger partial charge in [-0.15, -0.1) is 24.0 Å². The smallest absolute Gasteiger partial charge is 0.193 e. The number of guanidine groups is 1. The van der Waals surface area contributed by atoms with Gasteiger partial charge in [0.25, 0.3) is 0 Å². The average Bonchev–Trinajstić information content (AvgIpc) is 3.04. The van der Waals surface area contributed by atoms with E-state index < -0.39 is 0 Å². The Morgan fingerprint density at radius 3 is 2.81 bits per heavy atom. The summed E-state index contributed by atoms with van der Waals surface area (Å²) in [4.78, 5) is 10.5. The lowest BCUT2D eigenvalue weighted by Gasteiger charge is -2.34. The number of nitrogens with zero attached hydrogens (tertiary/aromatic N) is 2. The quantitative estimate of drug-likeness (QED) is 0.347. The fourth-order valence-electron chi connectivity index (χ4n) is 3.54. The first-order valence-electron chi connectivity index (χ1n) is 9.61. The molecule has 1 saturated heterocycles. The highest BCUT2D eigenvalue weighted by Gasteiger charge is 2.21. The topological polar surface area (TPSA) is 52.7 Å². The summed E-state index contributed by atoms with van der Waals surface area (Å²) in [6, 6.07) is 5.96. The molecular formula is C20H30ClIN4O. The highest BCUT2D eigenvalue weighted by molar-refractivity contribution is 14.0. The minimum atomic E-state index is 0. The van der Waals surface area contributed by atoms with Crippen molar-refractivity contribution in [3.05, 3.63) is 35.0 Å². The van der Waals surface area contributed by atoms with E-state index in [0.29, 0.717) is 6.10 Å². The molecule has 0 atom stereocenters. The molecule has 0 aliphatic carbocycles. The molecule has 0 radical (unpaired) electrons. The second-order valence-electron chi connectivity index (χ2n) is 6.63. The van der Waals surface area contributed by atoms with Crippen molar-refractivity contribution in [2.75, 3.05) is 32.8 Å². The Hall–Kier alpha value is -0.990. The van der Waals surface area contributed by atoms with Gasteiger partial charge in [-0.2, -0.15) is 0 Å². The maximum Gasteiger partial charge on any atom is 0.193 e. The zero-order valence-corrected chi connectivity index (χ0v) is 19.2. The number of halogens is 2. The van der Waals surface area contributed by atoms with Crippen molar-refractivity contribution in [2.24, 2.45) is 4.99 Å². The zero-order valence-electron chi connectivity index (χ0n) is 16.1. The summed E-state index contributed by atoms with van der Waals surface area (Å²) >= 11 is 6.14. The van der Waals surface area contributed by atoms with E-state index in [1.807, 2.05) is 18.2 Å². The molecule has 1 fully saturated rings. The van der Waals surface area contributed by atoms with Gasteiger partial charge >= 0.3 is 0 Å². The van der Waals surface area contributed by atoms with Crippen LogP contribution in [0.5, 0.6) is 0 Å². The molecule has 2 N–H and O–H groups in total. The Morgan fingerprint density at radius 1 is 1.33 bits per heavy atom. The second kappa shape index (κ2) is 11.1. The van der Waals surface area contributed by atoms with Crippen LogP contribution in [0.25, 0.3) is 10.9 Å². The number of fused-ring (bicyclic) bond motifs is 1. The van der Waals surface area contributed by atoms with Crippen LogP contribution in [-0.2, 0) is 11.2 Å². The number of aromatic nitrogens is 1. The van der Waals surface area contributed by atoms with Gasteiger partial charge in [0.05, 0.1) is 6.10 Å². The average molecular weight is 505 g/mol. The lowest BCUT2D eigenvalue weighted by Crippen LogP contribution is -2.47. The monoisotopic (exact) mass is 504 g/mol. The van der Waals surface area contributed by atoms with Gasteiger partial charge in [0.2, 0.25) is 0 Å². The molecule has 0 unspecified atom stereocenters. The second-order valence-corrected chi connectivity index (χ2v) is 7.07. The van der Waals surface area contributed by atoms with Crippen molar-refractivity contribution in [1.82, 2.24) is 15.2 Å². The Balaban J connectivity index is 0.00000261. The summed E-state index contributed by atoms with van der Waals surface area (Å²) in [6.45, 7) is 8.62. The molecule has 1 aliphatic heterocycles. The maximum absolute atomic E-state index is 6.14. The highest BCUT2D eigenvalue weighted by Crippen LogP contribution is 2.22. The molecular weight excluding hydrogens is 475 g/mol. The standard InChI is InChI=1S/C20H29ClN4O.HI/c1-3-22-20(25-11-8-17(9-12-25)26-4-2)23-10-7-15-14-24-19-6-5-16(21)13-18(15)19;/h5-6,13-14,17,24H,3-4,7-12H2,1-2H3,(H,22,23);1H. The summed E-state index contributed by atoms with van der Waals surface area (Å²) < 4.78 is 5.75. The lowest BCUT2D eigenvalue weighted by molar-refractivity contribution is 0.0264. The minimum absolute atomic E-state index is 0. The molecule has 2 heterocycles. The van der Waals surface area contributed by atoms with Crippen LogP contribution in [0.2, 0.25) is 5.02 Å². The number of piperidine rings is 1. The Kier molecular flexibility index (Phi) is 9.18. The largest absolute Gasteiger partial charge is 0.378 e. The summed E-state index contributed by atoms with van der Waals surface area (Å²) in [5.74, 6) is 1.01. The van der Waals surface area contributed by atoms with Gasteiger partial charge in [-0.3, -0.25) is 4.99 Å². The van der Waals surface area contributed by atoms with E-state index in [1.54, 1.807) is 0 Å². The fraction of sp³-hybridized carbons (Fsp3) is 0.550. The van der Waals surface area contributed by atoms with Gasteiger partial charge in [0.15, 0.2) is 5.96 Å². The van der Waals surface area contributed by atoms with E-state index in [1.165, 1.54) is 10.9 Å². The Bertz CT molecular complexity index is 741. The zero-order chi connectivity index (χ0) is 18.4. The first kappa shape index (κ1) is 22.3. The normalized spacial score (nSPS) is 15.8. The molecule has 5 nitrogen and oxygen atoms in total. The van der Waals surface area contributed by atoms with Crippen LogP contribution in [-0.4, -0.2) is 54.7 Å². The van der Waals surface area contributed by atoms with Gasteiger partial charge in [0, 0.05) is 54.9 Å². The number of hydrogen-bond acceptors (Lipinski definition) is 2. The minimum Gasteiger partial charge on any atom is -0.378 e. The predicted octanol–water partition coefficient (Wildman–Crippen LogP) is 4.45. The van der Waals surface area contributed by atoms with Crippen LogP contribution in [0, 0.1) is 0 Å². The van der Waals surface area contributed by atoms with Crippen LogP contribution in [0.3, 0.4) is 0 Å². The van der Waals surface area contributed by atoms with E-state index in [0.717, 1.165) is 68.5 Å². The van der Waals surface area contributed by atoms with Crippen molar-refractivity contribution in [3.63, 3.8) is 0 Å². The van der Waals surface area contributed by atoms with Crippen LogP contribution in [0.4, 0.5) is 0 Å². The van der Waals surface area contributed by atoms with Crippen molar-refractivity contribution < 1.29 is 4.74 Å². The summed E-state index contributed by atoms with van der Waals surface area (Å²) in [5.41, 5.74) is 2.38. The molecule has 0 spiro atoms. The van der Waals surface area contributed by atoms with E-state index in [9.17, 15) is 0 Å². The molecule has 2 aromatic rings. The maximum atomic E-state index is 6.14. The van der Waals surface area contributed by atoms with Crippen molar-refractivity contribution >= 4 is 52.4 Å². The molecule has 1 aromatic heterocycles. The number of ether oxygens (including phenoxy) is 1. The lowest BCUT2D eigenvalue weighted by atomic mass is 10.1. The first-order valence-corrected chi connectivity index (χ1v) is 9.99. The number of aliphatic imine (C=N–C) groups is 1. The van der Waals surface area contributed by atoms with Crippen molar-refractivity contribution in [1.29, 1.82) is 0 Å². The van der Waals surface area contributed by atoms with Crippen LogP contribution in [0.15, 0.2) is 29.4 Å². The van der Waals surface area contributed by atoms with Crippen molar-refractivity contribution in [3.8, 4) is 0 Å². The number of benzene rings is 1. The predicted molar refractivity (Wildman–Crippen MR) is 125 cm³/mol. The third-order valence-electron chi connectivity index (χ3n) is 4.85. The molecule has 1 aromatic carbocycles. The van der Waals surface area contributed by atoms with Crippen molar-refractivity contribution in [2.45, 2.75) is 39.2 Å². The van der Waals surface area contributed by atoms with Gasteiger partial charge in [-0.1, -0.05) is 11.6 Å². The van der Waals surface area contributed by atoms with E-state index in [4.69, 9.17) is 21.3 Å². The van der Waals surface area contributed by atoms with Crippen LogP contribution >= 0.6 is 35.6 Å². The molecule has 0 saturated carbocycles. The molecule has 0 bridgehead atoms. The molecule has 150 valence electrons. The van der Waals surface area contributed by atoms with E-state index in [2.05, 4.69) is 35.2 Å². The molecule has 0 amide bonds. The number of H-pyrrole nitrogens is 1. The Morgan fingerprint density at radius 2 is 2.11 bits per heavy atom. The number of hydrogen-bond donors (Lipinski definition) is 2. The summed E-state index contributed by atoms with van der Waals surface area (Å²) in [5, 5.41) is 5.39. The van der Waals surface area contributed by atoms with Gasteiger partial charge in [0.1, 0.15) is 0 Å². The summed E-state index contributed by atoms with van der Waals surface area (Å²) in [7, 11) is 0. The summed E-state index contributed by atoms with van der Waals surface area (Å²) in [6.07, 6.45) is 5.50. The number of rotatable bonds is 6. The fourth-order valence-corrected chi connectivity index (χ4v) is 3.71. The van der Waals surface area contributed by atoms with E-state index >= 15 is 0 Å². The van der Waals surface area contributed by atoms with Crippen LogP contribution < -0.4 is 5.32 Å². The Labute approximate surface area is 183 Å². The number of aromatic amines is 1. The molecule has 7 heteroatoms. The molecule has 27 heavy (non-hydrogen) atoms. The third kappa shape index (κ3) is 5.99. The number of nitrogens with one attached hydrogen (secondary N) is 2. The SMILES string of the molecule is CCNC(=NCCc1c[nH]c2ccc(Cl)cc12)N1CCC(OCC)CC1.I. The van der Waals surface area contributed by atoms with Gasteiger partial charge in [-0.05, 0) is 56.9 Å². The molecule has 3 rings (SSSR count). The number of likely N-dealkylation sites (tertiary alicyclic amines) is 1. The van der Waals surface area contributed by atoms with Crippen LogP contribution in [0.1, 0.15) is 32.3 Å². The van der Waals surface area contributed by atoms with Gasteiger partial charge < -0.3 is 19.9 Å². The van der Waals surface area contributed by atoms with Gasteiger partial charge in [-0.25, -0.2) is 0 Å².